The molecule has 4 rings (SSSR count). The molecule has 0 spiro atoms. The van der Waals surface area contributed by atoms with Gasteiger partial charge in [-0.15, -0.1) is 0 Å². The number of carbonyl (C=O) groups is 1. The Morgan fingerprint density at radius 3 is 2.44 bits per heavy atom. The maximum absolute atomic E-state index is 13.6. The Morgan fingerprint density at radius 1 is 1.17 bits per heavy atom. The van der Waals surface area contributed by atoms with Crippen LogP contribution in [0.25, 0.3) is 5.69 Å². The number of aryl methyl sites for hydroxylation is 1. The number of hydrogen-bond acceptors (Lipinski definition) is 5. The van der Waals surface area contributed by atoms with Crippen LogP contribution in [0.4, 0.5) is 13.2 Å². The fourth-order valence-electron chi connectivity index (χ4n) is 4.40. The van der Waals surface area contributed by atoms with Crippen molar-refractivity contribution in [1.82, 2.24) is 14.3 Å². The summed E-state index contributed by atoms with van der Waals surface area (Å²) in [5.41, 5.74) is -2.97. The van der Waals surface area contributed by atoms with E-state index in [1.165, 1.54) is 31.4 Å². The molecule has 11 heteroatoms. The van der Waals surface area contributed by atoms with Gasteiger partial charge in [0.15, 0.2) is 0 Å². The molecule has 0 fully saturated rings. The molecule has 0 radical (unpaired) electrons. The van der Waals surface area contributed by atoms with Crippen LogP contribution in [0.5, 0.6) is 5.75 Å². The third kappa shape index (κ3) is 4.77. The smallest absolute Gasteiger partial charge is 0.416 e. The van der Waals surface area contributed by atoms with Crippen molar-refractivity contribution in [3.8, 4) is 11.4 Å². The molecule has 2 aromatic carbocycles. The quantitative estimate of drug-likeness (QED) is 0.565. The molecular weight excluding hydrogens is 479 g/mol. The third-order valence-electron chi connectivity index (χ3n) is 5.94. The number of nitrogens with zero attached hydrogens (tertiary/aromatic N) is 3. The zero-order chi connectivity index (χ0) is 26.8. The fourth-order valence-corrected chi connectivity index (χ4v) is 4.40. The first-order valence-electron chi connectivity index (χ1n) is 11.4. The van der Waals surface area contributed by atoms with Crippen molar-refractivity contribution >= 4 is 5.97 Å². The van der Waals surface area contributed by atoms with E-state index in [1.54, 1.807) is 13.0 Å². The minimum atomic E-state index is -4.61. The lowest BCUT2D eigenvalue weighted by Crippen LogP contribution is -2.47. The standard InChI is InChI=1S/C23H20F3N3O5.C2H6/c1-12-11-13(34-2)9-10-17(12)29-22(33)28(20(30)19(27-29)21(31)32)18-8-4-5-14-15(18)6-3-7-16(14)23(24,25)26;1-2/h3,6-7,9-11,18H,4-5,8H2,1-2H3,(H,31,32);1-2H3. The van der Waals surface area contributed by atoms with Crippen LogP contribution < -0.4 is 16.0 Å². The Bertz CT molecular complexity index is 1410. The first kappa shape index (κ1) is 26.7. The van der Waals surface area contributed by atoms with Crippen molar-refractivity contribution in [2.24, 2.45) is 0 Å². The zero-order valence-electron chi connectivity index (χ0n) is 20.2. The van der Waals surface area contributed by atoms with Gasteiger partial charge in [-0.05, 0) is 67.1 Å². The number of aromatic nitrogens is 3. The Hall–Kier alpha value is -3.89. The van der Waals surface area contributed by atoms with Crippen LogP contribution in [0, 0.1) is 6.92 Å². The van der Waals surface area contributed by atoms with E-state index in [0.717, 1.165) is 10.7 Å². The monoisotopic (exact) mass is 505 g/mol. The number of carboxylic acids is 1. The molecule has 1 atom stereocenters. The van der Waals surface area contributed by atoms with E-state index in [-0.39, 0.29) is 36.1 Å². The second kappa shape index (κ2) is 10.4. The predicted molar refractivity (Wildman–Crippen MR) is 126 cm³/mol. The van der Waals surface area contributed by atoms with Gasteiger partial charge >= 0.3 is 17.8 Å². The van der Waals surface area contributed by atoms with Crippen LogP contribution >= 0.6 is 0 Å². The van der Waals surface area contributed by atoms with Gasteiger partial charge in [-0.2, -0.15) is 23.0 Å². The molecule has 1 heterocycles. The summed E-state index contributed by atoms with van der Waals surface area (Å²) >= 11 is 0. The fraction of sp³-hybridized carbons (Fsp3) is 0.360. The Morgan fingerprint density at radius 2 is 1.86 bits per heavy atom. The predicted octanol–water partition coefficient (Wildman–Crippen LogP) is 4.38. The minimum absolute atomic E-state index is 0.00147. The van der Waals surface area contributed by atoms with Crippen molar-refractivity contribution in [1.29, 1.82) is 0 Å². The van der Waals surface area contributed by atoms with Gasteiger partial charge in [-0.3, -0.25) is 4.79 Å². The van der Waals surface area contributed by atoms with Gasteiger partial charge in [0.25, 0.3) is 5.56 Å². The van der Waals surface area contributed by atoms with Crippen LogP contribution in [-0.4, -0.2) is 32.5 Å². The van der Waals surface area contributed by atoms with Crippen LogP contribution in [0.2, 0.25) is 0 Å². The summed E-state index contributed by atoms with van der Waals surface area (Å²) in [6.07, 6.45) is -4.01. The van der Waals surface area contributed by atoms with Crippen LogP contribution in [0.1, 0.15) is 65.5 Å². The lowest BCUT2D eigenvalue weighted by molar-refractivity contribution is -0.138. The van der Waals surface area contributed by atoms with Crippen LogP contribution in [-0.2, 0) is 12.6 Å². The summed E-state index contributed by atoms with van der Waals surface area (Å²) in [5.74, 6) is -1.17. The number of methoxy groups -OCH3 is 1. The molecular formula is C25H26F3N3O5. The van der Waals surface area contributed by atoms with E-state index in [2.05, 4.69) is 5.10 Å². The van der Waals surface area contributed by atoms with E-state index >= 15 is 0 Å². The van der Waals surface area contributed by atoms with Crippen LogP contribution in [0.15, 0.2) is 46.0 Å². The Kier molecular flexibility index (Phi) is 7.71. The molecule has 8 nitrogen and oxygen atoms in total. The summed E-state index contributed by atoms with van der Waals surface area (Å²) in [5, 5.41) is 13.4. The maximum Gasteiger partial charge on any atom is 0.416 e. The van der Waals surface area contributed by atoms with Crippen molar-refractivity contribution in [3.05, 3.63) is 85.2 Å². The SMILES string of the molecule is CC.COc1ccc(-n2nc(C(=O)O)c(=O)n(C3CCCc4c3cccc4C(F)(F)F)c2=O)c(C)c1. The molecule has 1 aliphatic rings. The third-order valence-corrected chi connectivity index (χ3v) is 5.94. The molecule has 1 N–H and O–H groups in total. The number of carboxylic acid groups (broad SMARTS) is 1. The van der Waals surface area contributed by atoms with Gasteiger partial charge < -0.3 is 9.84 Å². The highest BCUT2D eigenvalue weighted by Crippen LogP contribution is 2.40. The average molecular weight is 505 g/mol. The topological polar surface area (TPSA) is 103 Å². The second-order valence-electron chi connectivity index (χ2n) is 7.95. The summed E-state index contributed by atoms with van der Waals surface area (Å²) in [7, 11) is 1.46. The van der Waals surface area contributed by atoms with Crippen molar-refractivity contribution in [3.63, 3.8) is 0 Å². The first-order valence-corrected chi connectivity index (χ1v) is 11.4. The number of benzene rings is 2. The highest BCUT2D eigenvalue weighted by Gasteiger charge is 2.37. The van der Waals surface area contributed by atoms with Crippen molar-refractivity contribution in [2.75, 3.05) is 7.11 Å². The molecule has 192 valence electrons. The number of rotatable bonds is 4. The summed E-state index contributed by atoms with van der Waals surface area (Å²) < 4.78 is 47.4. The molecule has 1 aromatic heterocycles. The highest BCUT2D eigenvalue weighted by atomic mass is 19.4. The number of halogens is 3. The van der Waals surface area contributed by atoms with Gasteiger partial charge in [0.2, 0.25) is 5.69 Å². The number of fused-ring (bicyclic) bond motifs is 1. The average Bonchev–Trinajstić information content (AvgIpc) is 2.84. The number of aromatic carboxylic acids is 1. The van der Waals surface area contributed by atoms with E-state index in [1.807, 2.05) is 13.8 Å². The lowest BCUT2D eigenvalue weighted by Gasteiger charge is -2.29. The normalized spacial score (nSPS) is 14.9. The molecule has 3 aromatic rings. The van der Waals surface area contributed by atoms with Crippen molar-refractivity contribution < 1.29 is 27.8 Å². The minimum Gasteiger partial charge on any atom is -0.497 e. The van der Waals surface area contributed by atoms with E-state index < -0.39 is 40.7 Å². The number of ether oxygens (including phenoxy) is 1. The van der Waals surface area contributed by atoms with Gasteiger partial charge in [-0.25, -0.2) is 14.2 Å². The second-order valence-corrected chi connectivity index (χ2v) is 7.95. The molecule has 0 amide bonds. The number of hydrogen-bond donors (Lipinski definition) is 1. The Balaban J connectivity index is 0.00000176. The van der Waals surface area contributed by atoms with Gasteiger partial charge in [-0.1, -0.05) is 26.0 Å². The van der Waals surface area contributed by atoms with E-state index in [0.29, 0.717) is 15.9 Å². The summed E-state index contributed by atoms with van der Waals surface area (Å²) in [4.78, 5) is 38.3. The van der Waals surface area contributed by atoms with E-state index in [9.17, 15) is 32.7 Å². The summed E-state index contributed by atoms with van der Waals surface area (Å²) in [6.45, 7) is 5.65. The molecule has 0 saturated carbocycles. The highest BCUT2D eigenvalue weighted by molar-refractivity contribution is 5.84. The number of alkyl halides is 3. The maximum atomic E-state index is 13.6. The zero-order valence-corrected chi connectivity index (χ0v) is 20.2. The lowest BCUT2D eigenvalue weighted by atomic mass is 9.84. The van der Waals surface area contributed by atoms with E-state index in [4.69, 9.17) is 4.74 Å². The largest absolute Gasteiger partial charge is 0.497 e. The Labute approximate surface area is 204 Å². The molecule has 1 unspecified atom stereocenters. The van der Waals surface area contributed by atoms with Gasteiger partial charge in [0.1, 0.15) is 5.75 Å². The molecule has 0 saturated heterocycles. The van der Waals surface area contributed by atoms with Gasteiger partial charge in [0.05, 0.1) is 24.4 Å². The first-order chi connectivity index (χ1) is 17.0. The van der Waals surface area contributed by atoms with Crippen molar-refractivity contribution in [2.45, 2.75) is 52.3 Å². The molecule has 0 aliphatic heterocycles. The summed E-state index contributed by atoms with van der Waals surface area (Å²) in [6, 6.07) is 7.16. The molecule has 0 bridgehead atoms. The molecule has 1 aliphatic carbocycles. The van der Waals surface area contributed by atoms with Gasteiger partial charge in [0, 0.05) is 0 Å². The molecule has 36 heavy (non-hydrogen) atoms. The van der Waals surface area contributed by atoms with Crippen LogP contribution in [0.3, 0.4) is 0 Å².